The summed E-state index contributed by atoms with van der Waals surface area (Å²) in [5.74, 6) is 4.11. The number of carbonyl (C=O) groups is 1. The molecule has 2 aromatic rings. The second-order valence-electron chi connectivity index (χ2n) is 11.9. The van der Waals surface area contributed by atoms with Gasteiger partial charge >= 0.3 is 5.97 Å². The third-order valence-electron chi connectivity index (χ3n) is 8.60. The molecule has 5 nitrogen and oxygen atoms in total. The van der Waals surface area contributed by atoms with Crippen LogP contribution in [0.3, 0.4) is 0 Å². The first-order chi connectivity index (χ1) is 19.4. The van der Waals surface area contributed by atoms with Crippen molar-refractivity contribution in [2.75, 3.05) is 6.61 Å². The Kier molecular flexibility index (Phi) is 9.43. The molecule has 1 N–H and O–H groups in total. The summed E-state index contributed by atoms with van der Waals surface area (Å²) >= 11 is 0. The van der Waals surface area contributed by atoms with E-state index >= 15 is 0 Å². The fourth-order valence-electron chi connectivity index (χ4n) is 6.82. The van der Waals surface area contributed by atoms with E-state index in [1.54, 1.807) is 19.1 Å². The molecule has 4 bridgehead atoms. The molecular formula is C35H42O5. The molecule has 1 saturated heterocycles. The summed E-state index contributed by atoms with van der Waals surface area (Å²) in [6.07, 6.45) is 18.0. The Morgan fingerprint density at radius 3 is 1.98 bits per heavy atom. The minimum atomic E-state index is -0.183. The molecule has 0 aromatic heterocycles. The second-order valence-corrected chi connectivity index (χ2v) is 11.9. The number of benzene rings is 2. The maximum atomic E-state index is 11.6. The van der Waals surface area contributed by atoms with Crippen LogP contribution < -0.4 is 4.74 Å². The van der Waals surface area contributed by atoms with E-state index in [-0.39, 0.29) is 24.1 Å². The topological polar surface area (TPSA) is 65.0 Å². The van der Waals surface area contributed by atoms with Gasteiger partial charge in [-0.3, -0.25) is 0 Å². The molecule has 1 heterocycles. The third-order valence-corrected chi connectivity index (χ3v) is 8.60. The molecule has 0 amide bonds. The molecule has 4 aliphatic carbocycles. The van der Waals surface area contributed by atoms with E-state index < -0.39 is 0 Å². The largest absolute Gasteiger partial charge is 0.508 e. The lowest BCUT2D eigenvalue weighted by molar-refractivity contribution is -0.166. The number of hydrogen-bond donors (Lipinski definition) is 1. The summed E-state index contributed by atoms with van der Waals surface area (Å²) in [6, 6.07) is 15.1. The van der Waals surface area contributed by atoms with Crippen LogP contribution in [-0.2, 0) is 14.3 Å². The predicted octanol–water partition coefficient (Wildman–Crippen LogP) is 7.95. The molecular weight excluding hydrogens is 500 g/mol. The van der Waals surface area contributed by atoms with Gasteiger partial charge in [-0.05, 0) is 111 Å². The van der Waals surface area contributed by atoms with Crippen molar-refractivity contribution < 1.29 is 24.1 Å². The van der Waals surface area contributed by atoms with Gasteiger partial charge in [0.05, 0.1) is 6.61 Å². The van der Waals surface area contributed by atoms with E-state index in [0.29, 0.717) is 17.4 Å². The Morgan fingerprint density at radius 1 is 0.875 bits per heavy atom. The SMILES string of the molecule is C=C(C)C(=O)OC1C2CC3CC(C2)CC1C3.Oc1ccc(C=CC=Cc2ccc(OC3CCCCO3)cc2)cc1. The van der Waals surface area contributed by atoms with Gasteiger partial charge < -0.3 is 19.3 Å². The highest BCUT2D eigenvalue weighted by Gasteiger charge is 2.49. The molecule has 5 aliphatic rings. The van der Waals surface area contributed by atoms with Crippen LogP contribution in [0.25, 0.3) is 12.2 Å². The zero-order valence-corrected chi connectivity index (χ0v) is 23.5. The number of ether oxygens (including phenoxy) is 3. The van der Waals surface area contributed by atoms with Gasteiger partial charge in [-0.25, -0.2) is 4.79 Å². The van der Waals surface area contributed by atoms with Crippen LogP contribution in [-0.4, -0.2) is 30.1 Å². The fraction of sp³-hybridized carbons (Fsp3) is 0.457. The van der Waals surface area contributed by atoms with Crippen molar-refractivity contribution in [2.24, 2.45) is 23.7 Å². The smallest absolute Gasteiger partial charge is 0.333 e. The normalized spacial score (nSPS) is 28.7. The van der Waals surface area contributed by atoms with E-state index in [2.05, 4.69) is 6.58 Å². The van der Waals surface area contributed by atoms with Crippen molar-refractivity contribution in [3.63, 3.8) is 0 Å². The highest BCUT2D eigenvalue weighted by atomic mass is 16.7. The molecule has 5 fully saturated rings. The number of aromatic hydroxyl groups is 1. The summed E-state index contributed by atoms with van der Waals surface area (Å²) in [5.41, 5.74) is 2.70. The van der Waals surface area contributed by atoms with Gasteiger partial charge in [-0.15, -0.1) is 0 Å². The van der Waals surface area contributed by atoms with Crippen LogP contribution in [0.4, 0.5) is 0 Å². The Bertz CT molecular complexity index is 1160. The quantitative estimate of drug-likeness (QED) is 0.218. The van der Waals surface area contributed by atoms with E-state index in [9.17, 15) is 9.90 Å². The van der Waals surface area contributed by atoms with Crippen molar-refractivity contribution in [3.05, 3.63) is 84.0 Å². The second kappa shape index (κ2) is 13.4. The van der Waals surface area contributed by atoms with Crippen LogP contribution >= 0.6 is 0 Å². The molecule has 212 valence electrons. The fourth-order valence-corrected chi connectivity index (χ4v) is 6.82. The minimum absolute atomic E-state index is 0.103. The molecule has 1 unspecified atom stereocenters. The molecule has 5 heteroatoms. The molecule has 7 rings (SSSR count). The maximum Gasteiger partial charge on any atom is 0.333 e. The summed E-state index contributed by atoms with van der Waals surface area (Å²) in [6.45, 7) is 6.19. The van der Waals surface area contributed by atoms with Gasteiger partial charge in [0.1, 0.15) is 17.6 Å². The van der Waals surface area contributed by atoms with Gasteiger partial charge in [0, 0.05) is 12.0 Å². The first kappa shape index (κ1) is 28.2. The number of carbonyl (C=O) groups excluding carboxylic acids is 1. The average Bonchev–Trinajstić information content (AvgIpc) is 2.95. The Balaban J connectivity index is 0.000000174. The zero-order valence-electron chi connectivity index (χ0n) is 23.5. The Hall–Kier alpha value is -3.31. The van der Waals surface area contributed by atoms with Crippen LogP contribution in [0.5, 0.6) is 11.5 Å². The molecule has 2 aromatic carbocycles. The molecule has 1 atom stereocenters. The van der Waals surface area contributed by atoms with Gasteiger partial charge in [0.2, 0.25) is 0 Å². The van der Waals surface area contributed by atoms with Gasteiger partial charge in [0.25, 0.3) is 0 Å². The minimum Gasteiger partial charge on any atom is -0.508 e. The van der Waals surface area contributed by atoms with Crippen molar-refractivity contribution in [3.8, 4) is 11.5 Å². The number of hydrogen-bond acceptors (Lipinski definition) is 5. The van der Waals surface area contributed by atoms with Crippen LogP contribution in [0.2, 0.25) is 0 Å². The van der Waals surface area contributed by atoms with Crippen molar-refractivity contribution >= 4 is 18.1 Å². The van der Waals surface area contributed by atoms with Gasteiger partial charge in [-0.1, -0.05) is 55.1 Å². The summed E-state index contributed by atoms with van der Waals surface area (Å²) in [7, 11) is 0. The number of phenolic OH excluding ortho intramolecular Hbond substituents is 1. The number of allylic oxidation sites excluding steroid dienone is 2. The summed E-state index contributed by atoms with van der Waals surface area (Å²) in [4.78, 5) is 11.6. The standard InChI is InChI=1S/C21H22O3.C14H20O2/c22-19-12-8-17(9-13-19)5-1-2-6-18-10-14-20(15-11-18)24-21-7-3-4-16-23-21;1-8(2)14(15)16-13-11-4-9-3-10(6-11)7-12(13)5-9/h1-2,5-6,8-15,21-22H,3-4,7,16H2;9-13H,1,3-7H2,2H3. The highest BCUT2D eigenvalue weighted by molar-refractivity contribution is 5.87. The highest BCUT2D eigenvalue weighted by Crippen LogP contribution is 2.54. The van der Waals surface area contributed by atoms with E-state index in [4.69, 9.17) is 14.2 Å². The molecule has 0 spiro atoms. The molecule has 0 radical (unpaired) electrons. The monoisotopic (exact) mass is 542 g/mol. The lowest BCUT2D eigenvalue weighted by Crippen LogP contribution is -2.50. The Labute approximate surface area is 238 Å². The van der Waals surface area contributed by atoms with E-state index in [1.807, 2.05) is 60.7 Å². The van der Waals surface area contributed by atoms with Crippen LogP contribution in [0.15, 0.2) is 72.8 Å². The van der Waals surface area contributed by atoms with Gasteiger partial charge in [-0.2, -0.15) is 0 Å². The predicted molar refractivity (Wildman–Crippen MR) is 159 cm³/mol. The molecule has 4 saturated carbocycles. The summed E-state index contributed by atoms with van der Waals surface area (Å²) in [5, 5.41) is 9.25. The first-order valence-corrected chi connectivity index (χ1v) is 14.8. The third kappa shape index (κ3) is 7.66. The zero-order chi connectivity index (χ0) is 27.9. The number of rotatable bonds is 7. The average molecular weight is 543 g/mol. The molecule has 40 heavy (non-hydrogen) atoms. The van der Waals surface area contributed by atoms with Crippen molar-refractivity contribution in [1.29, 1.82) is 0 Å². The lowest BCUT2D eigenvalue weighted by Gasteiger charge is -2.53. The lowest BCUT2D eigenvalue weighted by atomic mass is 9.55. The number of phenols is 1. The number of esters is 1. The maximum absolute atomic E-state index is 11.6. The van der Waals surface area contributed by atoms with Crippen LogP contribution in [0.1, 0.15) is 69.4 Å². The summed E-state index contributed by atoms with van der Waals surface area (Å²) < 4.78 is 17.1. The van der Waals surface area contributed by atoms with E-state index in [1.165, 1.54) is 38.5 Å². The Morgan fingerprint density at radius 2 is 1.45 bits per heavy atom. The van der Waals surface area contributed by atoms with Crippen molar-refractivity contribution in [2.45, 2.75) is 70.7 Å². The first-order valence-electron chi connectivity index (χ1n) is 14.8. The van der Waals surface area contributed by atoms with Gasteiger partial charge in [0.15, 0.2) is 6.29 Å². The van der Waals surface area contributed by atoms with Crippen LogP contribution in [0, 0.1) is 23.7 Å². The molecule has 1 aliphatic heterocycles. The van der Waals surface area contributed by atoms with E-state index in [0.717, 1.165) is 48.2 Å². The van der Waals surface area contributed by atoms with Crippen molar-refractivity contribution in [1.82, 2.24) is 0 Å².